The van der Waals surface area contributed by atoms with Crippen LogP contribution < -0.4 is 10.6 Å². The average molecular weight is 372 g/mol. The monoisotopic (exact) mass is 371 g/mol. The molecule has 114 valence electrons. The molecule has 2 unspecified atom stereocenters. The van der Waals surface area contributed by atoms with Crippen LogP contribution in [0.5, 0.6) is 0 Å². The van der Waals surface area contributed by atoms with Gasteiger partial charge in [-0.25, -0.2) is 8.42 Å². The fourth-order valence-electron chi connectivity index (χ4n) is 3.64. The minimum Gasteiger partial charge on any atom is -0.369 e. The Kier molecular flexibility index (Phi) is 3.52. The average Bonchev–Trinajstić information content (AvgIpc) is 2.97. The molecule has 21 heavy (non-hydrogen) atoms. The Morgan fingerprint density at radius 2 is 2.05 bits per heavy atom. The molecule has 2 atom stereocenters. The Morgan fingerprint density at radius 3 is 2.67 bits per heavy atom. The standard InChI is InChI=1S/C14H18BrN3O2S/c1-21(19,20)12-3-2-8-14(12)9-17-13(16)18(14)11-6-4-10(15)5-7-11/h4-7,12H,2-3,8-9H2,1H3,(H2,16,17). The first-order chi connectivity index (χ1) is 9.84. The van der Waals surface area contributed by atoms with Crippen LogP contribution in [0.15, 0.2) is 33.7 Å². The summed E-state index contributed by atoms with van der Waals surface area (Å²) >= 11 is 3.41. The lowest BCUT2D eigenvalue weighted by Crippen LogP contribution is -2.58. The van der Waals surface area contributed by atoms with E-state index in [2.05, 4.69) is 20.9 Å². The predicted octanol–water partition coefficient (Wildman–Crippen LogP) is 1.92. The summed E-state index contributed by atoms with van der Waals surface area (Å²) < 4.78 is 25.4. The minimum absolute atomic E-state index is 0.410. The number of halogens is 1. The number of hydrogen-bond acceptors (Lipinski definition) is 5. The molecular formula is C14H18BrN3O2S. The van der Waals surface area contributed by atoms with E-state index in [0.29, 0.717) is 18.9 Å². The van der Waals surface area contributed by atoms with Gasteiger partial charge in [0.1, 0.15) is 0 Å². The van der Waals surface area contributed by atoms with Gasteiger partial charge in [0.15, 0.2) is 15.8 Å². The van der Waals surface area contributed by atoms with E-state index in [0.717, 1.165) is 23.0 Å². The zero-order chi connectivity index (χ0) is 15.3. The maximum Gasteiger partial charge on any atom is 0.196 e. The molecule has 0 amide bonds. The maximum absolute atomic E-state index is 12.2. The molecule has 1 aliphatic heterocycles. The summed E-state index contributed by atoms with van der Waals surface area (Å²) in [5.74, 6) is 0.410. The van der Waals surface area contributed by atoms with Crippen LogP contribution in [0.2, 0.25) is 0 Å². The Morgan fingerprint density at radius 1 is 1.38 bits per heavy atom. The van der Waals surface area contributed by atoms with E-state index in [1.54, 1.807) is 0 Å². The first-order valence-electron chi connectivity index (χ1n) is 6.89. The second kappa shape index (κ2) is 4.98. The first-order valence-corrected chi connectivity index (χ1v) is 9.64. The van der Waals surface area contributed by atoms with Crippen LogP contribution in [-0.4, -0.2) is 38.0 Å². The molecule has 1 heterocycles. The van der Waals surface area contributed by atoms with E-state index in [9.17, 15) is 8.42 Å². The van der Waals surface area contributed by atoms with Crippen LogP contribution in [0.4, 0.5) is 5.69 Å². The Hall–Kier alpha value is -1.08. The number of benzene rings is 1. The maximum atomic E-state index is 12.2. The van der Waals surface area contributed by atoms with Gasteiger partial charge in [-0.1, -0.05) is 15.9 Å². The Labute approximate surface area is 133 Å². The van der Waals surface area contributed by atoms with Crippen molar-refractivity contribution in [1.29, 1.82) is 0 Å². The molecule has 2 N–H and O–H groups in total. The molecule has 1 fully saturated rings. The smallest absolute Gasteiger partial charge is 0.196 e. The summed E-state index contributed by atoms with van der Waals surface area (Å²) in [5, 5.41) is -0.418. The van der Waals surface area contributed by atoms with Gasteiger partial charge in [-0.3, -0.25) is 4.99 Å². The molecular weight excluding hydrogens is 354 g/mol. The van der Waals surface area contributed by atoms with Crippen LogP contribution in [-0.2, 0) is 9.84 Å². The molecule has 1 aliphatic carbocycles. The summed E-state index contributed by atoms with van der Waals surface area (Å²) in [4.78, 5) is 6.29. The number of hydrogen-bond donors (Lipinski definition) is 1. The Balaban J connectivity index is 2.08. The molecule has 5 nitrogen and oxygen atoms in total. The zero-order valence-electron chi connectivity index (χ0n) is 11.8. The number of aliphatic imine (C=N–C) groups is 1. The molecule has 0 radical (unpaired) electrons. The molecule has 1 spiro atoms. The summed E-state index contributed by atoms with van der Waals surface area (Å²) in [6.07, 6.45) is 3.67. The highest BCUT2D eigenvalue weighted by molar-refractivity contribution is 9.10. The van der Waals surface area contributed by atoms with Crippen LogP contribution in [0.3, 0.4) is 0 Å². The normalized spacial score (nSPS) is 29.1. The highest BCUT2D eigenvalue weighted by Crippen LogP contribution is 2.44. The zero-order valence-corrected chi connectivity index (χ0v) is 14.2. The van der Waals surface area contributed by atoms with E-state index < -0.39 is 20.6 Å². The number of anilines is 1. The number of rotatable bonds is 2. The van der Waals surface area contributed by atoms with Gasteiger partial charge < -0.3 is 10.6 Å². The minimum atomic E-state index is -3.15. The van der Waals surface area contributed by atoms with Gasteiger partial charge in [0.25, 0.3) is 0 Å². The SMILES string of the molecule is CS(=O)(=O)C1CCCC12CN=C(N)N2c1ccc(Br)cc1. The predicted molar refractivity (Wildman–Crippen MR) is 88.3 cm³/mol. The number of guanidine groups is 1. The molecule has 0 saturated heterocycles. The summed E-state index contributed by atoms with van der Waals surface area (Å²) in [7, 11) is -3.15. The van der Waals surface area contributed by atoms with Crippen LogP contribution >= 0.6 is 15.9 Å². The van der Waals surface area contributed by atoms with E-state index in [-0.39, 0.29) is 0 Å². The van der Waals surface area contributed by atoms with Crippen molar-refractivity contribution in [3.63, 3.8) is 0 Å². The van der Waals surface area contributed by atoms with Crippen molar-refractivity contribution in [2.24, 2.45) is 10.7 Å². The lowest BCUT2D eigenvalue weighted by Gasteiger charge is -2.40. The highest BCUT2D eigenvalue weighted by Gasteiger charge is 2.55. The van der Waals surface area contributed by atoms with Crippen LogP contribution in [0.25, 0.3) is 0 Å². The van der Waals surface area contributed by atoms with Crippen molar-refractivity contribution >= 4 is 37.4 Å². The Bertz CT molecular complexity index is 687. The van der Waals surface area contributed by atoms with E-state index in [1.165, 1.54) is 6.26 Å². The van der Waals surface area contributed by atoms with E-state index in [1.807, 2.05) is 29.2 Å². The molecule has 2 aliphatic rings. The number of sulfone groups is 1. The third kappa shape index (κ3) is 2.36. The van der Waals surface area contributed by atoms with Crippen molar-refractivity contribution in [3.05, 3.63) is 28.7 Å². The van der Waals surface area contributed by atoms with Gasteiger partial charge in [-0.2, -0.15) is 0 Å². The third-order valence-electron chi connectivity index (χ3n) is 4.47. The highest BCUT2D eigenvalue weighted by atomic mass is 79.9. The molecule has 1 saturated carbocycles. The molecule has 3 rings (SSSR count). The second-order valence-corrected chi connectivity index (χ2v) is 8.94. The number of nitrogens with two attached hydrogens (primary N) is 1. The van der Waals surface area contributed by atoms with Crippen molar-refractivity contribution in [3.8, 4) is 0 Å². The molecule has 1 aromatic rings. The fourth-order valence-corrected chi connectivity index (χ4v) is 5.59. The largest absolute Gasteiger partial charge is 0.369 e. The van der Waals surface area contributed by atoms with Gasteiger partial charge >= 0.3 is 0 Å². The topological polar surface area (TPSA) is 75.8 Å². The lowest BCUT2D eigenvalue weighted by molar-refractivity contribution is 0.462. The van der Waals surface area contributed by atoms with Crippen molar-refractivity contribution in [2.75, 3.05) is 17.7 Å². The van der Waals surface area contributed by atoms with Gasteiger partial charge in [0, 0.05) is 16.4 Å². The van der Waals surface area contributed by atoms with Gasteiger partial charge in [0.2, 0.25) is 0 Å². The van der Waals surface area contributed by atoms with E-state index in [4.69, 9.17) is 5.73 Å². The van der Waals surface area contributed by atoms with Crippen LogP contribution in [0, 0.1) is 0 Å². The first kappa shape index (κ1) is 14.8. The summed E-state index contributed by atoms with van der Waals surface area (Å²) in [6.45, 7) is 0.451. The van der Waals surface area contributed by atoms with Gasteiger partial charge in [-0.05, 0) is 43.5 Å². The molecule has 0 aromatic heterocycles. The number of nitrogens with zero attached hydrogens (tertiary/aromatic N) is 2. The molecule has 0 bridgehead atoms. The second-order valence-electron chi connectivity index (χ2n) is 5.80. The van der Waals surface area contributed by atoms with Crippen LogP contribution in [0.1, 0.15) is 19.3 Å². The van der Waals surface area contributed by atoms with Crippen molar-refractivity contribution < 1.29 is 8.42 Å². The van der Waals surface area contributed by atoms with Gasteiger partial charge in [-0.15, -0.1) is 0 Å². The van der Waals surface area contributed by atoms with E-state index >= 15 is 0 Å². The third-order valence-corrected chi connectivity index (χ3v) is 6.70. The quantitative estimate of drug-likeness (QED) is 0.861. The van der Waals surface area contributed by atoms with Gasteiger partial charge in [0.05, 0.1) is 17.3 Å². The molecule has 7 heteroatoms. The fraction of sp³-hybridized carbons (Fsp3) is 0.500. The van der Waals surface area contributed by atoms with Crippen molar-refractivity contribution in [1.82, 2.24) is 0 Å². The summed E-state index contributed by atoms with van der Waals surface area (Å²) in [5.41, 5.74) is 6.45. The molecule has 1 aromatic carbocycles. The van der Waals surface area contributed by atoms with Crippen molar-refractivity contribution in [2.45, 2.75) is 30.1 Å². The summed E-state index contributed by atoms with van der Waals surface area (Å²) in [6, 6.07) is 7.74. The lowest BCUT2D eigenvalue weighted by atomic mass is 9.95.